The number of imidazole rings is 1. The Morgan fingerprint density at radius 3 is 2.45 bits per heavy atom. The molecule has 0 unspecified atom stereocenters. The Kier molecular flexibility index (Phi) is 7.24. The van der Waals surface area contributed by atoms with E-state index >= 15 is 0 Å². The van der Waals surface area contributed by atoms with Crippen molar-refractivity contribution in [2.75, 3.05) is 24.5 Å². The van der Waals surface area contributed by atoms with Crippen molar-refractivity contribution in [2.45, 2.75) is 64.1 Å². The molecule has 1 saturated heterocycles. The predicted octanol–water partition coefficient (Wildman–Crippen LogP) is 3.71. The van der Waals surface area contributed by atoms with Gasteiger partial charge in [-0.25, -0.2) is 22.9 Å². The third kappa shape index (κ3) is 5.23. The lowest BCUT2D eigenvalue weighted by atomic mass is 10.1. The second kappa shape index (κ2) is 9.87. The number of piperazine rings is 1. The number of hydrogen-bond donors (Lipinski definition) is 0. The Balaban J connectivity index is 1.86. The number of amides is 1. The van der Waals surface area contributed by atoms with Crippen molar-refractivity contribution in [3.8, 4) is 5.13 Å². The number of aromatic nitrogens is 4. The molecular weight excluding hydrogens is 549 g/mol. The predicted molar refractivity (Wildman–Crippen MR) is 135 cm³/mol. The summed E-state index contributed by atoms with van der Waals surface area (Å²) in [6, 6.07) is 1.74. The minimum Gasteiger partial charge on any atom is -0.444 e. The number of alkyl halides is 2. The fourth-order valence-corrected chi connectivity index (χ4v) is 5.59. The van der Waals surface area contributed by atoms with Gasteiger partial charge in [0.15, 0.2) is 5.01 Å². The highest BCUT2D eigenvalue weighted by Gasteiger charge is 2.33. The zero-order valence-corrected chi connectivity index (χ0v) is 22.9. The molecule has 0 spiro atoms. The van der Waals surface area contributed by atoms with Gasteiger partial charge < -0.3 is 14.5 Å². The largest absolute Gasteiger partial charge is 0.444 e. The van der Waals surface area contributed by atoms with E-state index in [4.69, 9.17) is 4.74 Å². The summed E-state index contributed by atoms with van der Waals surface area (Å²) in [6.45, 7) is 9.54. The van der Waals surface area contributed by atoms with Crippen LogP contribution in [0.25, 0.3) is 16.2 Å². The fraction of sp³-hybridized carbons (Fsp3) is 0.545. The number of halogens is 3. The van der Waals surface area contributed by atoms with Crippen molar-refractivity contribution in [3.63, 3.8) is 0 Å². The zero-order chi connectivity index (χ0) is 28.2. The molecule has 1 aliphatic heterocycles. The number of fused-ring (bicyclic) bond motifs is 1. The lowest BCUT2D eigenvalue weighted by Gasteiger charge is -2.41. The van der Waals surface area contributed by atoms with Gasteiger partial charge in [0.1, 0.15) is 10.5 Å². The van der Waals surface area contributed by atoms with Crippen LogP contribution < -0.4 is 10.6 Å². The highest BCUT2D eigenvalue weighted by atomic mass is 32.3. The fourth-order valence-electron chi connectivity index (χ4n) is 4.38. The topological polar surface area (TPSA) is 120 Å². The molecule has 3 aromatic rings. The normalized spacial score (nSPS) is 17.0. The summed E-state index contributed by atoms with van der Waals surface area (Å²) in [5.74, 6) is 0. The van der Waals surface area contributed by atoms with E-state index in [0.717, 1.165) is 16.7 Å². The van der Waals surface area contributed by atoms with Gasteiger partial charge in [-0.3, -0.25) is 4.57 Å². The molecule has 0 aliphatic carbocycles. The van der Waals surface area contributed by atoms with E-state index in [0.29, 0.717) is 11.3 Å². The summed E-state index contributed by atoms with van der Waals surface area (Å²) >= 11 is 0.473. The van der Waals surface area contributed by atoms with Crippen LogP contribution in [-0.2, 0) is 21.5 Å². The van der Waals surface area contributed by atoms with E-state index in [1.54, 1.807) is 44.4 Å². The summed E-state index contributed by atoms with van der Waals surface area (Å²) in [6.07, 6.45) is -3.42. The molecule has 16 heteroatoms. The van der Waals surface area contributed by atoms with E-state index in [-0.39, 0.29) is 54.1 Å². The highest BCUT2D eigenvalue weighted by Crippen LogP contribution is 2.35. The van der Waals surface area contributed by atoms with E-state index in [9.17, 15) is 30.7 Å². The molecule has 1 fully saturated rings. The Morgan fingerprint density at radius 1 is 1.24 bits per heavy atom. The van der Waals surface area contributed by atoms with Crippen LogP contribution in [0.3, 0.4) is 0 Å². The van der Waals surface area contributed by atoms with Gasteiger partial charge in [0.05, 0.1) is 16.7 Å². The number of nitrogens with zero attached hydrogens (tertiary/aromatic N) is 6. The van der Waals surface area contributed by atoms with Gasteiger partial charge in [-0.15, -0.1) is 14.1 Å². The number of carbonyl (C=O) groups is 1. The van der Waals surface area contributed by atoms with Crippen molar-refractivity contribution < 1.29 is 30.6 Å². The summed E-state index contributed by atoms with van der Waals surface area (Å²) in [5, 5.41) is 6.29. The summed E-state index contributed by atoms with van der Waals surface area (Å²) in [7, 11) is -5.22. The number of hydrogen-bond acceptors (Lipinski definition) is 9. The monoisotopic (exact) mass is 576 g/mol. The first-order valence-corrected chi connectivity index (χ1v) is 13.9. The van der Waals surface area contributed by atoms with Crippen LogP contribution in [0.1, 0.15) is 46.1 Å². The van der Waals surface area contributed by atoms with Crippen LogP contribution in [0.4, 0.5) is 23.1 Å². The number of aryl methyl sites for hydroxylation is 1. The van der Waals surface area contributed by atoms with Gasteiger partial charge in [-0.2, -0.15) is 8.42 Å². The van der Waals surface area contributed by atoms with Gasteiger partial charge in [0.25, 0.3) is 6.43 Å². The number of rotatable bonds is 5. The highest BCUT2D eigenvalue weighted by molar-refractivity contribution is 7.86. The van der Waals surface area contributed by atoms with Gasteiger partial charge >= 0.3 is 22.0 Å². The van der Waals surface area contributed by atoms with Crippen LogP contribution >= 0.6 is 11.3 Å². The molecule has 2 aromatic heterocycles. The van der Waals surface area contributed by atoms with E-state index in [1.165, 1.54) is 4.57 Å². The second-order valence-corrected chi connectivity index (χ2v) is 12.1. The molecule has 1 amide bonds. The summed E-state index contributed by atoms with van der Waals surface area (Å²) in [5.41, 5.74) is -0.875. The molecule has 0 N–H and O–H groups in total. The number of ether oxygens (including phenoxy) is 1. The lowest BCUT2D eigenvalue weighted by Crippen LogP contribution is -2.55. The van der Waals surface area contributed by atoms with Crippen molar-refractivity contribution in [3.05, 3.63) is 27.6 Å². The SMILES string of the molecule is CCn1c(=O)n(-c2nnc(C(F)F)s2)c2cc(S(=O)(=O)F)cc(N3CCN(C(=O)OC(C)(C)C)[C@@H](C)C3)c21. The molecule has 0 radical (unpaired) electrons. The zero-order valence-electron chi connectivity index (χ0n) is 21.3. The molecule has 1 atom stereocenters. The molecule has 0 bridgehead atoms. The average Bonchev–Trinajstić information content (AvgIpc) is 3.38. The van der Waals surface area contributed by atoms with Gasteiger partial charge in [-0.05, 0) is 46.8 Å². The maximum atomic E-state index is 14.3. The molecule has 4 rings (SSSR count). The first-order chi connectivity index (χ1) is 17.6. The van der Waals surface area contributed by atoms with Crippen LogP contribution in [0.15, 0.2) is 21.8 Å². The molecule has 1 aliphatic rings. The molecule has 3 heterocycles. The van der Waals surface area contributed by atoms with Gasteiger partial charge in [0, 0.05) is 32.2 Å². The third-order valence-corrected chi connectivity index (χ3v) is 7.69. The van der Waals surface area contributed by atoms with Crippen molar-refractivity contribution in [1.29, 1.82) is 0 Å². The number of carbonyl (C=O) groups excluding carboxylic acids is 1. The van der Waals surface area contributed by atoms with E-state index < -0.39 is 43.9 Å². The van der Waals surface area contributed by atoms with Crippen LogP contribution in [-0.4, -0.2) is 70.0 Å². The number of anilines is 1. The summed E-state index contributed by atoms with van der Waals surface area (Å²) in [4.78, 5) is 28.6. The van der Waals surface area contributed by atoms with Gasteiger partial charge in [-0.1, -0.05) is 11.3 Å². The maximum Gasteiger partial charge on any atom is 0.410 e. The molecule has 1 aromatic carbocycles. The van der Waals surface area contributed by atoms with Crippen LogP contribution in [0.2, 0.25) is 0 Å². The lowest BCUT2D eigenvalue weighted by molar-refractivity contribution is 0.0159. The average molecular weight is 577 g/mol. The quantitative estimate of drug-likeness (QED) is 0.422. The van der Waals surface area contributed by atoms with E-state index in [2.05, 4.69) is 10.2 Å². The first kappa shape index (κ1) is 27.9. The third-order valence-electron chi connectivity index (χ3n) is 5.98. The molecule has 208 valence electrons. The minimum absolute atomic E-state index is 0.0234. The smallest absolute Gasteiger partial charge is 0.410 e. The Hall–Kier alpha value is -3.14. The molecular formula is C22H27F3N6O5S2. The van der Waals surface area contributed by atoms with Crippen molar-refractivity contribution in [1.82, 2.24) is 24.2 Å². The van der Waals surface area contributed by atoms with Crippen molar-refractivity contribution >= 4 is 44.4 Å². The molecule has 38 heavy (non-hydrogen) atoms. The Labute approximate surface area is 220 Å². The van der Waals surface area contributed by atoms with Crippen LogP contribution in [0, 0.1) is 0 Å². The standard InChI is InChI=1S/C22H27F3N6O5S2/c1-6-29-16-14(28-7-8-30(12(2)11-28)21(33)36-22(3,4)5)9-13(38(25,34)35)10-15(16)31(20(29)32)19-27-26-18(37-19)17(23)24/h9-10,12,17H,6-8,11H2,1-5H3/t12-/m0/s1. The Morgan fingerprint density at radius 2 is 1.92 bits per heavy atom. The molecule has 0 saturated carbocycles. The van der Waals surface area contributed by atoms with E-state index in [1.807, 2.05) is 0 Å². The minimum atomic E-state index is -5.22. The van der Waals surface area contributed by atoms with Crippen molar-refractivity contribution in [2.24, 2.45) is 0 Å². The second-order valence-electron chi connectivity index (χ2n) is 9.80. The van der Waals surface area contributed by atoms with Gasteiger partial charge in [0.2, 0.25) is 5.13 Å². The molecule has 11 nitrogen and oxygen atoms in total. The number of benzene rings is 1. The first-order valence-electron chi connectivity index (χ1n) is 11.7. The summed E-state index contributed by atoms with van der Waals surface area (Å²) < 4.78 is 72.4. The maximum absolute atomic E-state index is 14.3. The van der Waals surface area contributed by atoms with Crippen LogP contribution in [0.5, 0.6) is 0 Å². The Bertz CT molecular complexity index is 1540.